The van der Waals surface area contributed by atoms with Crippen molar-refractivity contribution in [3.05, 3.63) is 95.1 Å². The van der Waals surface area contributed by atoms with Gasteiger partial charge in [0.25, 0.3) is 11.8 Å². The molecule has 0 unspecified atom stereocenters. The lowest BCUT2D eigenvalue weighted by Gasteiger charge is -2.14. The van der Waals surface area contributed by atoms with Gasteiger partial charge in [0.2, 0.25) is 0 Å². The molecule has 4 aromatic rings. The molecule has 0 aliphatic rings. The Bertz CT molecular complexity index is 1420. The van der Waals surface area contributed by atoms with Crippen molar-refractivity contribution in [3.8, 4) is 5.69 Å². The maximum atomic E-state index is 13.5. The Labute approximate surface area is 204 Å². The lowest BCUT2D eigenvalue weighted by Crippen LogP contribution is -2.17. The standard InChI is InChI=1S/C25H23F3N6O2/c1-15-3-4-17(9-16(15)5-6-20-13-31-23(22(29)35)33(20)2)24(36)32-19-10-18(25(26,27)28)11-21(12-19)34-8-7-30-14-34/h3-4,7-14H,5-6H2,1-2H3,(H2,29,35)(H,32,36). The first kappa shape index (κ1) is 24.7. The van der Waals surface area contributed by atoms with Gasteiger partial charge in [-0.25, -0.2) is 9.97 Å². The van der Waals surface area contributed by atoms with Crippen LogP contribution in [0.25, 0.3) is 5.69 Å². The molecule has 2 heterocycles. The summed E-state index contributed by atoms with van der Waals surface area (Å²) in [5, 5.41) is 2.58. The van der Waals surface area contributed by atoms with Crippen LogP contribution in [0.4, 0.5) is 18.9 Å². The van der Waals surface area contributed by atoms with Crippen LogP contribution in [0.1, 0.15) is 43.4 Å². The Hall–Kier alpha value is -4.41. The monoisotopic (exact) mass is 496 g/mol. The highest BCUT2D eigenvalue weighted by molar-refractivity contribution is 6.04. The molecule has 36 heavy (non-hydrogen) atoms. The van der Waals surface area contributed by atoms with Crippen LogP contribution in [0, 0.1) is 6.92 Å². The van der Waals surface area contributed by atoms with Gasteiger partial charge in [0.1, 0.15) is 0 Å². The molecule has 0 saturated carbocycles. The quantitative estimate of drug-likeness (QED) is 0.402. The number of anilines is 1. The second-order valence-electron chi connectivity index (χ2n) is 8.33. The fraction of sp³-hybridized carbons (Fsp3) is 0.200. The highest BCUT2D eigenvalue weighted by Gasteiger charge is 2.31. The number of hydrogen-bond donors (Lipinski definition) is 2. The van der Waals surface area contributed by atoms with Gasteiger partial charge >= 0.3 is 6.18 Å². The first-order chi connectivity index (χ1) is 17.0. The average Bonchev–Trinajstić information content (AvgIpc) is 3.48. The zero-order chi connectivity index (χ0) is 26.0. The highest BCUT2D eigenvalue weighted by atomic mass is 19.4. The van der Waals surface area contributed by atoms with Gasteiger partial charge in [-0.2, -0.15) is 13.2 Å². The molecule has 11 heteroatoms. The Morgan fingerprint density at radius 3 is 2.53 bits per heavy atom. The van der Waals surface area contributed by atoms with Gasteiger partial charge in [-0.3, -0.25) is 9.59 Å². The van der Waals surface area contributed by atoms with E-state index in [1.54, 1.807) is 36.0 Å². The molecule has 0 bridgehead atoms. The van der Waals surface area contributed by atoms with E-state index in [2.05, 4.69) is 15.3 Å². The van der Waals surface area contributed by atoms with Gasteiger partial charge in [0.05, 0.1) is 11.9 Å². The highest BCUT2D eigenvalue weighted by Crippen LogP contribution is 2.33. The Morgan fingerprint density at radius 2 is 1.89 bits per heavy atom. The molecule has 2 aromatic carbocycles. The van der Waals surface area contributed by atoms with E-state index in [-0.39, 0.29) is 17.2 Å². The van der Waals surface area contributed by atoms with E-state index in [0.29, 0.717) is 18.4 Å². The third kappa shape index (κ3) is 5.29. The molecule has 0 spiro atoms. The lowest BCUT2D eigenvalue weighted by molar-refractivity contribution is -0.137. The third-order valence-electron chi connectivity index (χ3n) is 5.87. The van der Waals surface area contributed by atoms with Crippen molar-refractivity contribution in [3.63, 3.8) is 0 Å². The molecule has 0 saturated heterocycles. The van der Waals surface area contributed by atoms with Crippen molar-refractivity contribution in [2.75, 3.05) is 5.32 Å². The fourth-order valence-electron chi connectivity index (χ4n) is 3.86. The van der Waals surface area contributed by atoms with Gasteiger partial charge in [-0.1, -0.05) is 6.07 Å². The Balaban J connectivity index is 1.56. The smallest absolute Gasteiger partial charge is 0.363 e. The number of nitrogens with two attached hydrogens (primary N) is 1. The van der Waals surface area contributed by atoms with E-state index >= 15 is 0 Å². The number of benzene rings is 2. The summed E-state index contributed by atoms with van der Waals surface area (Å²) in [6, 6.07) is 8.44. The summed E-state index contributed by atoms with van der Waals surface area (Å²) in [5.41, 5.74) is 7.59. The number of alkyl halides is 3. The van der Waals surface area contributed by atoms with Crippen LogP contribution in [-0.4, -0.2) is 30.9 Å². The minimum absolute atomic E-state index is 0.00881. The number of aromatic nitrogens is 4. The van der Waals surface area contributed by atoms with Crippen LogP contribution in [0.5, 0.6) is 0 Å². The Kier molecular flexibility index (Phi) is 6.65. The van der Waals surface area contributed by atoms with Crippen molar-refractivity contribution >= 4 is 17.5 Å². The van der Waals surface area contributed by atoms with E-state index < -0.39 is 23.6 Å². The predicted octanol–water partition coefficient (Wildman–Crippen LogP) is 4.07. The molecule has 0 aliphatic carbocycles. The first-order valence-corrected chi connectivity index (χ1v) is 10.9. The molecule has 2 amide bonds. The van der Waals surface area contributed by atoms with Crippen molar-refractivity contribution < 1.29 is 22.8 Å². The molecule has 186 valence electrons. The number of primary amides is 1. The second-order valence-corrected chi connectivity index (χ2v) is 8.33. The lowest BCUT2D eigenvalue weighted by atomic mass is 9.99. The van der Waals surface area contributed by atoms with E-state index in [1.165, 1.54) is 29.4 Å². The van der Waals surface area contributed by atoms with Crippen molar-refractivity contribution in [1.82, 2.24) is 19.1 Å². The van der Waals surface area contributed by atoms with E-state index in [1.807, 2.05) is 6.92 Å². The predicted molar refractivity (Wildman–Crippen MR) is 127 cm³/mol. The number of carbonyl (C=O) groups excluding carboxylic acids is 2. The summed E-state index contributed by atoms with van der Waals surface area (Å²) in [7, 11) is 1.70. The molecular weight excluding hydrogens is 473 g/mol. The van der Waals surface area contributed by atoms with Crippen molar-refractivity contribution in [2.45, 2.75) is 25.9 Å². The van der Waals surface area contributed by atoms with Crippen LogP contribution in [0.2, 0.25) is 0 Å². The molecule has 0 fully saturated rings. The number of amides is 2. The number of rotatable bonds is 7. The largest absolute Gasteiger partial charge is 0.416 e. The maximum absolute atomic E-state index is 13.5. The summed E-state index contributed by atoms with van der Waals surface area (Å²) in [4.78, 5) is 32.3. The number of imidazole rings is 2. The van der Waals surface area contributed by atoms with Gasteiger partial charge in [0.15, 0.2) is 5.82 Å². The molecule has 8 nitrogen and oxygen atoms in total. The number of halogens is 3. The molecule has 3 N–H and O–H groups in total. The van der Waals surface area contributed by atoms with E-state index in [4.69, 9.17) is 5.73 Å². The SMILES string of the molecule is Cc1ccc(C(=O)Nc2cc(-n3ccnc3)cc(C(F)(F)F)c2)cc1CCc1cnc(C(N)=O)n1C. The molecule has 4 rings (SSSR count). The fourth-order valence-corrected chi connectivity index (χ4v) is 3.86. The minimum atomic E-state index is -4.59. The van der Waals surface area contributed by atoms with Gasteiger partial charge < -0.3 is 20.2 Å². The van der Waals surface area contributed by atoms with Crippen LogP contribution >= 0.6 is 0 Å². The molecule has 0 atom stereocenters. The van der Waals surface area contributed by atoms with Crippen molar-refractivity contribution in [1.29, 1.82) is 0 Å². The summed E-state index contributed by atoms with van der Waals surface area (Å²) in [6.07, 6.45) is 2.44. The minimum Gasteiger partial charge on any atom is -0.363 e. The number of nitrogens with one attached hydrogen (secondary N) is 1. The molecule has 0 aliphatic heterocycles. The summed E-state index contributed by atoms with van der Waals surface area (Å²) in [5.74, 6) is -1.00. The van der Waals surface area contributed by atoms with E-state index in [9.17, 15) is 22.8 Å². The molecular formula is C25H23F3N6O2. The van der Waals surface area contributed by atoms with Crippen LogP contribution in [0.15, 0.2) is 61.3 Å². The first-order valence-electron chi connectivity index (χ1n) is 10.9. The summed E-state index contributed by atoms with van der Waals surface area (Å²) < 4.78 is 43.5. The maximum Gasteiger partial charge on any atom is 0.416 e. The zero-order valence-corrected chi connectivity index (χ0v) is 19.5. The summed E-state index contributed by atoms with van der Waals surface area (Å²) >= 11 is 0. The number of hydrogen-bond acceptors (Lipinski definition) is 4. The third-order valence-corrected chi connectivity index (χ3v) is 5.87. The molecule has 0 radical (unpaired) electrons. The van der Waals surface area contributed by atoms with Crippen LogP contribution in [0.3, 0.4) is 0 Å². The number of carbonyl (C=O) groups is 2. The number of nitrogens with zero attached hydrogens (tertiary/aromatic N) is 4. The van der Waals surface area contributed by atoms with Crippen LogP contribution in [-0.2, 0) is 26.1 Å². The second kappa shape index (κ2) is 9.68. The normalized spacial score (nSPS) is 11.5. The number of aryl methyl sites for hydroxylation is 3. The van der Waals surface area contributed by atoms with Gasteiger partial charge in [-0.15, -0.1) is 0 Å². The topological polar surface area (TPSA) is 108 Å². The van der Waals surface area contributed by atoms with Crippen molar-refractivity contribution in [2.24, 2.45) is 12.8 Å². The van der Waals surface area contributed by atoms with Crippen LogP contribution < -0.4 is 11.1 Å². The van der Waals surface area contributed by atoms with Gasteiger partial charge in [0, 0.05) is 48.3 Å². The molecule has 2 aromatic heterocycles. The Morgan fingerprint density at radius 1 is 1.11 bits per heavy atom. The average molecular weight is 496 g/mol. The summed E-state index contributed by atoms with van der Waals surface area (Å²) in [6.45, 7) is 1.90. The van der Waals surface area contributed by atoms with E-state index in [0.717, 1.165) is 29.0 Å². The zero-order valence-electron chi connectivity index (χ0n) is 19.5. The van der Waals surface area contributed by atoms with Gasteiger partial charge in [-0.05, 0) is 61.2 Å².